The molecule has 2 heterocycles. The van der Waals surface area contributed by atoms with Gasteiger partial charge in [-0.15, -0.1) is 0 Å². The zero-order valence-electron chi connectivity index (χ0n) is 16.5. The molecule has 152 valence electrons. The molecule has 3 aromatic carbocycles. The molecule has 0 atom stereocenters. The molecule has 0 N–H and O–H groups in total. The van der Waals surface area contributed by atoms with Gasteiger partial charge in [0.05, 0.1) is 17.7 Å². The van der Waals surface area contributed by atoms with E-state index in [1.165, 1.54) is 17.4 Å². The topological polar surface area (TPSA) is 46.1 Å². The highest BCUT2D eigenvalue weighted by molar-refractivity contribution is 7.22. The molecule has 0 spiro atoms. The van der Waals surface area contributed by atoms with Crippen molar-refractivity contribution in [3.05, 3.63) is 102 Å². The van der Waals surface area contributed by atoms with E-state index in [2.05, 4.69) is 9.97 Å². The zero-order chi connectivity index (χ0) is 21.2. The minimum absolute atomic E-state index is 0.0975. The molecule has 31 heavy (non-hydrogen) atoms. The van der Waals surface area contributed by atoms with Crippen molar-refractivity contribution in [3.63, 3.8) is 0 Å². The lowest BCUT2D eigenvalue weighted by atomic mass is 10.0. The summed E-state index contributed by atoms with van der Waals surface area (Å²) in [6, 6.07) is 22.6. The normalized spacial score (nSPS) is 11.1. The van der Waals surface area contributed by atoms with Crippen molar-refractivity contribution >= 4 is 43.4 Å². The molecule has 6 heteroatoms. The molecule has 4 nitrogen and oxygen atoms in total. The fraction of sp³-hybridized carbons (Fsp3) is 0.0800. The summed E-state index contributed by atoms with van der Waals surface area (Å²) in [6.07, 6.45) is 3.64. The van der Waals surface area contributed by atoms with Crippen LogP contribution in [0.5, 0.6) is 0 Å². The Morgan fingerprint density at radius 1 is 0.968 bits per heavy atom. The summed E-state index contributed by atoms with van der Waals surface area (Å²) in [5.41, 5.74) is 2.12. The third-order valence-corrected chi connectivity index (χ3v) is 6.22. The molecule has 0 saturated heterocycles. The van der Waals surface area contributed by atoms with Crippen LogP contribution >= 0.6 is 11.3 Å². The summed E-state index contributed by atoms with van der Waals surface area (Å²) in [7, 11) is 0. The standard InChI is InChI=1S/C25H18FN3OS/c26-21-11-4-12-22-24(21)28-25(31-22)29(16-17-6-5-13-27-15-17)23(30)14-19-9-3-8-18-7-1-2-10-20(18)19/h1-13,15H,14,16H2. The summed E-state index contributed by atoms with van der Waals surface area (Å²) in [5.74, 6) is -0.484. The van der Waals surface area contributed by atoms with Gasteiger partial charge in [0.1, 0.15) is 11.3 Å². The second-order valence-electron chi connectivity index (χ2n) is 7.24. The smallest absolute Gasteiger partial charge is 0.233 e. The average molecular weight is 428 g/mol. The highest BCUT2D eigenvalue weighted by Gasteiger charge is 2.22. The third-order valence-electron chi connectivity index (χ3n) is 5.18. The van der Waals surface area contributed by atoms with Crippen molar-refractivity contribution in [1.29, 1.82) is 0 Å². The number of halogens is 1. The van der Waals surface area contributed by atoms with Crippen LogP contribution in [0, 0.1) is 5.82 Å². The third kappa shape index (κ3) is 3.90. The Balaban J connectivity index is 1.54. The number of carbonyl (C=O) groups excluding carboxylic acids is 1. The molecule has 5 rings (SSSR count). The van der Waals surface area contributed by atoms with Crippen LogP contribution in [0.3, 0.4) is 0 Å². The van der Waals surface area contributed by atoms with Crippen LogP contribution in [-0.4, -0.2) is 15.9 Å². The second kappa shape index (κ2) is 8.24. The maximum atomic E-state index is 14.2. The number of thiazole rings is 1. The molecule has 5 aromatic rings. The van der Waals surface area contributed by atoms with Crippen molar-refractivity contribution in [1.82, 2.24) is 9.97 Å². The van der Waals surface area contributed by atoms with Gasteiger partial charge in [-0.2, -0.15) is 0 Å². The zero-order valence-corrected chi connectivity index (χ0v) is 17.3. The van der Waals surface area contributed by atoms with Gasteiger partial charge in [0, 0.05) is 12.4 Å². The van der Waals surface area contributed by atoms with E-state index in [4.69, 9.17) is 0 Å². The molecule has 0 unspecified atom stereocenters. The first-order valence-corrected chi connectivity index (χ1v) is 10.7. The van der Waals surface area contributed by atoms with Crippen LogP contribution in [0.1, 0.15) is 11.1 Å². The molecule has 1 amide bonds. The quantitative estimate of drug-likeness (QED) is 0.358. The van der Waals surface area contributed by atoms with Gasteiger partial charge in [0.2, 0.25) is 5.91 Å². The maximum absolute atomic E-state index is 14.2. The van der Waals surface area contributed by atoms with Gasteiger partial charge < -0.3 is 0 Å². The highest BCUT2D eigenvalue weighted by Crippen LogP contribution is 2.32. The Morgan fingerprint density at radius 2 is 1.81 bits per heavy atom. The molecular weight excluding hydrogens is 409 g/mol. The molecule has 0 fully saturated rings. The van der Waals surface area contributed by atoms with Gasteiger partial charge in [-0.05, 0) is 40.1 Å². The van der Waals surface area contributed by atoms with Crippen LogP contribution in [0.15, 0.2) is 85.2 Å². The Kier molecular flexibility index (Phi) is 5.14. The van der Waals surface area contributed by atoms with E-state index < -0.39 is 0 Å². The molecular formula is C25H18FN3OS. The van der Waals surface area contributed by atoms with Crippen molar-refractivity contribution in [2.45, 2.75) is 13.0 Å². The van der Waals surface area contributed by atoms with Crippen LogP contribution in [0.2, 0.25) is 0 Å². The van der Waals surface area contributed by atoms with Gasteiger partial charge in [-0.1, -0.05) is 65.9 Å². The van der Waals surface area contributed by atoms with E-state index in [0.717, 1.165) is 21.9 Å². The number of para-hydroxylation sites is 1. The molecule has 0 aliphatic rings. The largest absolute Gasteiger partial charge is 0.283 e. The average Bonchev–Trinajstić information content (AvgIpc) is 3.24. The lowest BCUT2D eigenvalue weighted by molar-refractivity contribution is -0.118. The van der Waals surface area contributed by atoms with Gasteiger partial charge in [0.25, 0.3) is 0 Å². The first-order chi connectivity index (χ1) is 15.2. The van der Waals surface area contributed by atoms with E-state index in [-0.39, 0.29) is 23.7 Å². The van der Waals surface area contributed by atoms with E-state index in [0.29, 0.717) is 16.4 Å². The minimum atomic E-state index is -0.386. The first-order valence-electron chi connectivity index (χ1n) is 9.90. The molecule has 0 aliphatic heterocycles. The number of hydrogen-bond acceptors (Lipinski definition) is 4. The van der Waals surface area contributed by atoms with Crippen molar-refractivity contribution in [2.24, 2.45) is 0 Å². The monoisotopic (exact) mass is 427 g/mol. The van der Waals surface area contributed by atoms with Crippen molar-refractivity contribution in [3.8, 4) is 0 Å². The highest BCUT2D eigenvalue weighted by atomic mass is 32.1. The van der Waals surface area contributed by atoms with Crippen LogP contribution in [-0.2, 0) is 17.8 Å². The van der Waals surface area contributed by atoms with Gasteiger partial charge >= 0.3 is 0 Å². The fourth-order valence-electron chi connectivity index (χ4n) is 3.66. The number of carbonyl (C=O) groups is 1. The number of rotatable bonds is 5. The molecule has 0 aliphatic carbocycles. The van der Waals surface area contributed by atoms with Crippen LogP contribution in [0.4, 0.5) is 9.52 Å². The Hall–Kier alpha value is -3.64. The van der Waals surface area contributed by atoms with Crippen LogP contribution in [0.25, 0.3) is 21.0 Å². The minimum Gasteiger partial charge on any atom is -0.283 e. The van der Waals surface area contributed by atoms with Crippen LogP contribution < -0.4 is 4.90 Å². The number of fused-ring (bicyclic) bond motifs is 2. The van der Waals surface area contributed by atoms with Gasteiger partial charge in [-0.25, -0.2) is 9.37 Å². The number of pyridine rings is 1. The van der Waals surface area contributed by atoms with E-state index in [1.807, 2.05) is 60.7 Å². The van der Waals surface area contributed by atoms with E-state index in [1.54, 1.807) is 23.4 Å². The fourth-order valence-corrected chi connectivity index (χ4v) is 4.66. The summed E-state index contributed by atoms with van der Waals surface area (Å²) in [6.45, 7) is 0.318. The molecule has 2 aromatic heterocycles. The number of amides is 1. The lowest BCUT2D eigenvalue weighted by Gasteiger charge is -2.20. The number of anilines is 1. The number of hydrogen-bond donors (Lipinski definition) is 0. The van der Waals surface area contributed by atoms with Gasteiger partial charge in [0.15, 0.2) is 5.13 Å². The molecule has 0 bridgehead atoms. The predicted octanol–water partition coefficient (Wildman–Crippen LogP) is 5.76. The van der Waals surface area contributed by atoms with E-state index in [9.17, 15) is 9.18 Å². The number of nitrogens with zero attached hydrogens (tertiary/aromatic N) is 3. The number of aromatic nitrogens is 2. The van der Waals surface area contributed by atoms with Gasteiger partial charge in [-0.3, -0.25) is 14.7 Å². The summed E-state index contributed by atoms with van der Waals surface area (Å²) in [4.78, 5) is 23.7. The molecule has 0 saturated carbocycles. The number of benzene rings is 3. The lowest BCUT2D eigenvalue weighted by Crippen LogP contribution is -2.31. The van der Waals surface area contributed by atoms with Crippen molar-refractivity contribution in [2.75, 3.05) is 4.90 Å². The first kappa shape index (κ1) is 19.3. The Labute approximate surface area is 182 Å². The Morgan fingerprint density at radius 3 is 2.65 bits per heavy atom. The SMILES string of the molecule is O=C(Cc1cccc2ccccc12)N(Cc1cccnc1)c1nc2c(F)cccc2s1. The maximum Gasteiger partial charge on any atom is 0.233 e. The summed E-state index contributed by atoms with van der Waals surface area (Å²) in [5, 5.41) is 2.62. The predicted molar refractivity (Wildman–Crippen MR) is 123 cm³/mol. The molecule has 0 radical (unpaired) electrons. The Bertz CT molecular complexity index is 1380. The summed E-state index contributed by atoms with van der Waals surface area (Å²) >= 11 is 1.31. The van der Waals surface area contributed by atoms with E-state index >= 15 is 0 Å². The summed E-state index contributed by atoms with van der Waals surface area (Å²) < 4.78 is 15.0. The second-order valence-corrected chi connectivity index (χ2v) is 8.25. The van der Waals surface area contributed by atoms with Crippen molar-refractivity contribution < 1.29 is 9.18 Å².